The Balaban J connectivity index is 2.50. The fraction of sp³-hybridized carbons (Fsp3) is 0.0909. The molecule has 19 heavy (non-hydrogen) atoms. The first-order chi connectivity index (χ1) is 9.01. The summed E-state index contributed by atoms with van der Waals surface area (Å²) in [5, 5.41) is 23.4. The smallest absolute Gasteiger partial charge is 0.356 e. The molecule has 0 amide bonds. The SMILES string of the molecule is COc1cc(-n2ccc(C(=O)O)n2)cc([N+](=O)[O-])c1. The number of ether oxygens (including phenoxy) is 1. The molecular formula is C11H9N3O5. The Morgan fingerprint density at radius 1 is 1.47 bits per heavy atom. The van der Waals surface area contributed by atoms with Crippen LogP contribution in [0.25, 0.3) is 5.69 Å². The van der Waals surface area contributed by atoms with Crippen LogP contribution in [0.15, 0.2) is 30.5 Å². The monoisotopic (exact) mass is 263 g/mol. The molecule has 0 aliphatic heterocycles. The van der Waals surface area contributed by atoms with E-state index in [4.69, 9.17) is 9.84 Å². The molecule has 98 valence electrons. The van der Waals surface area contributed by atoms with Gasteiger partial charge < -0.3 is 9.84 Å². The molecule has 0 aliphatic carbocycles. The van der Waals surface area contributed by atoms with Crippen LogP contribution in [-0.4, -0.2) is 32.9 Å². The van der Waals surface area contributed by atoms with Gasteiger partial charge in [0.2, 0.25) is 0 Å². The van der Waals surface area contributed by atoms with E-state index in [0.717, 1.165) is 0 Å². The van der Waals surface area contributed by atoms with Crippen molar-refractivity contribution >= 4 is 11.7 Å². The summed E-state index contributed by atoms with van der Waals surface area (Å²) in [6.07, 6.45) is 1.40. The minimum absolute atomic E-state index is 0.148. The van der Waals surface area contributed by atoms with Crippen molar-refractivity contribution in [2.24, 2.45) is 0 Å². The van der Waals surface area contributed by atoms with E-state index >= 15 is 0 Å². The standard InChI is InChI=1S/C11H9N3O5/c1-19-9-5-7(4-8(6-9)14(17)18)13-3-2-10(12-13)11(15)16/h2-6H,1H3,(H,15,16). The summed E-state index contributed by atoms with van der Waals surface area (Å²) < 4.78 is 6.19. The van der Waals surface area contributed by atoms with E-state index in [9.17, 15) is 14.9 Å². The maximum Gasteiger partial charge on any atom is 0.356 e. The summed E-state index contributed by atoms with van der Waals surface area (Å²) in [6, 6.07) is 5.37. The lowest BCUT2D eigenvalue weighted by atomic mass is 10.2. The van der Waals surface area contributed by atoms with Crippen LogP contribution in [0, 0.1) is 10.1 Å². The van der Waals surface area contributed by atoms with Crippen LogP contribution < -0.4 is 4.74 Å². The van der Waals surface area contributed by atoms with Crippen molar-refractivity contribution in [1.29, 1.82) is 0 Å². The van der Waals surface area contributed by atoms with E-state index in [1.165, 1.54) is 42.3 Å². The van der Waals surface area contributed by atoms with Crippen LogP contribution in [0.1, 0.15) is 10.5 Å². The minimum Gasteiger partial charge on any atom is -0.496 e. The number of nitro benzene ring substituents is 1. The quantitative estimate of drug-likeness (QED) is 0.661. The normalized spacial score (nSPS) is 10.2. The zero-order valence-corrected chi connectivity index (χ0v) is 9.81. The van der Waals surface area contributed by atoms with Gasteiger partial charge in [-0.3, -0.25) is 10.1 Å². The van der Waals surface area contributed by atoms with Gasteiger partial charge in [0.1, 0.15) is 5.75 Å². The molecule has 0 aliphatic rings. The summed E-state index contributed by atoms with van der Waals surface area (Å²) in [6.45, 7) is 0. The Labute approximate surface area is 107 Å². The lowest BCUT2D eigenvalue weighted by molar-refractivity contribution is -0.384. The van der Waals surface area contributed by atoms with Gasteiger partial charge in [0.05, 0.1) is 23.8 Å². The number of nitro groups is 1. The van der Waals surface area contributed by atoms with Gasteiger partial charge in [-0.2, -0.15) is 5.10 Å². The van der Waals surface area contributed by atoms with E-state index in [2.05, 4.69) is 5.10 Å². The predicted molar refractivity (Wildman–Crippen MR) is 63.7 cm³/mol. The third kappa shape index (κ3) is 2.51. The summed E-state index contributed by atoms with van der Waals surface area (Å²) in [5.74, 6) is -0.882. The molecule has 1 aromatic heterocycles. The molecule has 0 saturated carbocycles. The molecule has 0 spiro atoms. The van der Waals surface area contributed by atoms with E-state index < -0.39 is 10.9 Å². The number of carbonyl (C=O) groups is 1. The highest BCUT2D eigenvalue weighted by molar-refractivity contribution is 5.85. The first kappa shape index (κ1) is 12.6. The number of rotatable bonds is 4. The molecule has 0 radical (unpaired) electrons. The van der Waals surface area contributed by atoms with Crippen LogP contribution in [-0.2, 0) is 0 Å². The van der Waals surface area contributed by atoms with Gasteiger partial charge in [-0.1, -0.05) is 0 Å². The average molecular weight is 263 g/mol. The van der Waals surface area contributed by atoms with Crippen molar-refractivity contribution in [3.63, 3.8) is 0 Å². The van der Waals surface area contributed by atoms with E-state index in [0.29, 0.717) is 5.69 Å². The number of hydrogen-bond acceptors (Lipinski definition) is 5. The van der Waals surface area contributed by atoms with Gasteiger partial charge in [0.15, 0.2) is 5.69 Å². The zero-order chi connectivity index (χ0) is 14.0. The molecule has 1 heterocycles. The van der Waals surface area contributed by atoms with Gasteiger partial charge in [0, 0.05) is 18.3 Å². The van der Waals surface area contributed by atoms with Crippen molar-refractivity contribution in [2.75, 3.05) is 7.11 Å². The highest BCUT2D eigenvalue weighted by Gasteiger charge is 2.13. The van der Waals surface area contributed by atoms with Gasteiger partial charge in [0.25, 0.3) is 5.69 Å². The second-order valence-electron chi connectivity index (χ2n) is 3.60. The van der Waals surface area contributed by atoms with Gasteiger partial charge in [-0.15, -0.1) is 0 Å². The van der Waals surface area contributed by atoms with Crippen LogP contribution in [0.3, 0.4) is 0 Å². The fourth-order valence-electron chi connectivity index (χ4n) is 1.51. The maximum absolute atomic E-state index is 10.8. The Hall–Kier alpha value is -2.90. The highest BCUT2D eigenvalue weighted by atomic mass is 16.6. The number of nitrogens with zero attached hydrogens (tertiary/aromatic N) is 3. The van der Waals surface area contributed by atoms with Crippen LogP contribution in [0.4, 0.5) is 5.69 Å². The van der Waals surface area contributed by atoms with Crippen molar-refractivity contribution in [2.45, 2.75) is 0 Å². The number of hydrogen-bond donors (Lipinski definition) is 1. The molecular weight excluding hydrogens is 254 g/mol. The average Bonchev–Trinajstić information content (AvgIpc) is 2.87. The van der Waals surface area contributed by atoms with Crippen molar-refractivity contribution in [1.82, 2.24) is 9.78 Å². The Kier molecular flexibility index (Phi) is 3.15. The molecule has 1 aromatic carbocycles. The lowest BCUT2D eigenvalue weighted by Crippen LogP contribution is -2.02. The number of aromatic carboxylic acids is 1. The fourth-order valence-corrected chi connectivity index (χ4v) is 1.51. The summed E-state index contributed by atoms with van der Waals surface area (Å²) >= 11 is 0. The summed E-state index contributed by atoms with van der Waals surface area (Å²) in [4.78, 5) is 21.0. The zero-order valence-electron chi connectivity index (χ0n) is 9.81. The van der Waals surface area contributed by atoms with Gasteiger partial charge in [-0.05, 0) is 6.07 Å². The van der Waals surface area contributed by atoms with E-state index in [1.807, 2.05) is 0 Å². The van der Waals surface area contributed by atoms with Crippen LogP contribution in [0.2, 0.25) is 0 Å². The number of non-ortho nitro benzene ring substituents is 1. The number of carboxylic acids is 1. The Morgan fingerprint density at radius 3 is 2.74 bits per heavy atom. The Bertz CT molecular complexity index is 650. The Morgan fingerprint density at radius 2 is 2.21 bits per heavy atom. The molecule has 0 fully saturated rings. The second-order valence-corrected chi connectivity index (χ2v) is 3.60. The van der Waals surface area contributed by atoms with Crippen molar-refractivity contribution < 1.29 is 19.6 Å². The van der Waals surface area contributed by atoms with Gasteiger partial charge >= 0.3 is 5.97 Å². The number of methoxy groups -OCH3 is 1. The lowest BCUT2D eigenvalue weighted by Gasteiger charge is -2.05. The van der Waals surface area contributed by atoms with Crippen LogP contribution >= 0.6 is 0 Å². The first-order valence-electron chi connectivity index (χ1n) is 5.14. The molecule has 2 aromatic rings. The summed E-state index contributed by atoms with van der Waals surface area (Å²) in [5.41, 5.74) is 0.0331. The van der Waals surface area contributed by atoms with E-state index in [-0.39, 0.29) is 17.1 Å². The highest BCUT2D eigenvalue weighted by Crippen LogP contribution is 2.24. The van der Waals surface area contributed by atoms with Crippen molar-refractivity contribution in [3.05, 3.63) is 46.3 Å². The maximum atomic E-state index is 10.8. The summed E-state index contributed by atoms with van der Waals surface area (Å²) in [7, 11) is 1.38. The number of carboxylic acid groups (broad SMARTS) is 1. The molecule has 8 heteroatoms. The molecule has 1 N–H and O–H groups in total. The molecule has 0 atom stereocenters. The molecule has 0 bridgehead atoms. The van der Waals surface area contributed by atoms with E-state index in [1.54, 1.807) is 0 Å². The van der Waals surface area contributed by atoms with Crippen LogP contribution in [0.5, 0.6) is 5.75 Å². The largest absolute Gasteiger partial charge is 0.496 e. The molecule has 8 nitrogen and oxygen atoms in total. The minimum atomic E-state index is -1.17. The topological polar surface area (TPSA) is 107 Å². The van der Waals surface area contributed by atoms with Crippen molar-refractivity contribution in [3.8, 4) is 11.4 Å². The van der Waals surface area contributed by atoms with Gasteiger partial charge in [-0.25, -0.2) is 9.48 Å². The predicted octanol–water partition coefficient (Wildman–Crippen LogP) is 1.49. The molecule has 2 rings (SSSR count). The molecule has 0 saturated heterocycles. The number of benzene rings is 1. The second kappa shape index (κ2) is 4.77. The first-order valence-corrected chi connectivity index (χ1v) is 5.14. The molecule has 0 unspecified atom stereocenters. The number of aromatic nitrogens is 2. The third-order valence-corrected chi connectivity index (χ3v) is 2.40. The third-order valence-electron chi connectivity index (χ3n) is 2.40.